The van der Waals surface area contributed by atoms with Gasteiger partial charge >= 0.3 is 12.1 Å². The van der Waals surface area contributed by atoms with Crippen molar-refractivity contribution in [3.63, 3.8) is 0 Å². The maximum absolute atomic E-state index is 12.7. The second-order valence-corrected chi connectivity index (χ2v) is 3.89. The number of hydrogen-bond donors (Lipinski definition) is 0. The lowest BCUT2D eigenvalue weighted by Gasteiger charge is -2.13. The lowest BCUT2D eigenvalue weighted by atomic mass is 10.1. The van der Waals surface area contributed by atoms with Crippen LogP contribution in [0.15, 0.2) is 30.4 Å². The van der Waals surface area contributed by atoms with Crippen LogP contribution in [0, 0.1) is 0 Å². The fourth-order valence-electron chi connectivity index (χ4n) is 1.34. The van der Waals surface area contributed by atoms with Crippen LogP contribution in [0.3, 0.4) is 0 Å². The molecule has 0 radical (unpaired) electrons. The summed E-state index contributed by atoms with van der Waals surface area (Å²) in [6.07, 6.45) is -4.53. The van der Waals surface area contributed by atoms with Gasteiger partial charge in [0, 0.05) is 5.57 Å². The third kappa shape index (κ3) is 4.01. The number of ether oxygens (including phenoxy) is 2. The van der Waals surface area contributed by atoms with Crippen molar-refractivity contribution in [2.45, 2.75) is 19.7 Å². The van der Waals surface area contributed by atoms with Crippen LogP contribution < -0.4 is 4.74 Å². The second kappa shape index (κ2) is 5.77. The summed E-state index contributed by atoms with van der Waals surface area (Å²) in [6.45, 7) is 4.58. The van der Waals surface area contributed by atoms with Gasteiger partial charge in [0.15, 0.2) is 0 Å². The maximum Gasteiger partial charge on any atom is 0.419 e. The number of alkyl halides is 3. The molecule has 0 atom stereocenters. The molecular weight excluding hydrogens is 261 g/mol. The third-order valence-electron chi connectivity index (χ3n) is 2.29. The van der Waals surface area contributed by atoms with Gasteiger partial charge in [-0.1, -0.05) is 12.6 Å². The molecule has 0 unspecified atom stereocenters. The minimum absolute atomic E-state index is 0.185. The fraction of sp³-hybridized carbons (Fsp3) is 0.308. The van der Waals surface area contributed by atoms with Crippen molar-refractivity contribution in [2.75, 3.05) is 7.11 Å². The third-order valence-corrected chi connectivity index (χ3v) is 2.29. The highest BCUT2D eigenvalue weighted by Crippen LogP contribution is 2.36. The zero-order valence-electron chi connectivity index (χ0n) is 10.5. The molecule has 0 saturated carbocycles. The number of carbonyl (C=O) groups excluding carboxylic acids is 1. The van der Waals surface area contributed by atoms with Gasteiger partial charge in [0.05, 0.1) is 12.7 Å². The van der Waals surface area contributed by atoms with E-state index in [4.69, 9.17) is 4.74 Å². The smallest absolute Gasteiger partial charge is 0.419 e. The zero-order chi connectivity index (χ0) is 14.6. The van der Waals surface area contributed by atoms with Gasteiger partial charge in [-0.3, -0.25) is 0 Å². The molecule has 0 amide bonds. The predicted octanol–water partition coefficient (Wildman–Crippen LogP) is 3.33. The first-order valence-electron chi connectivity index (χ1n) is 5.32. The Morgan fingerprint density at radius 3 is 2.47 bits per heavy atom. The second-order valence-electron chi connectivity index (χ2n) is 3.89. The monoisotopic (exact) mass is 274 g/mol. The molecule has 0 heterocycles. The molecule has 0 saturated heterocycles. The molecule has 0 aliphatic heterocycles. The van der Waals surface area contributed by atoms with E-state index in [1.54, 1.807) is 0 Å². The van der Waals surface area contributed by atoms with Crippen molar-refractivity contribution in [2.24, 2.45) is 0 Å². The highest BCUT2D eigenvalue weighted by molar-refractivity contribution is 5.86. The van der Waals surface area contributed by atoms with Crippen LogP contribution in [0.1, 0.15) is 18.1 Å². The molecule has 0 aromatic heterocycles. The number of rotatable bonds is 4. The molecule has 19 heavy (non-hydrogen) atoms. The Morgan fingerprint density at radius 1 is 1.37 bits per heavy atom. The van der Waals surface area contributed by atoms with Crippen LogP contribution >= 0.6 is 0 Å². The molecule has 104 valence electrons. The Morgan fingerprint density at radius 2 is 2.00 bits per heavy atom. The van der Waals surface area contributed by atoms with Gasteiger partial charge < -0.3 is 9.47 Å². The minimum atomic E-state index is -4.53. The van der Waals surface area contributed by atoms with Crippen LogP contribution in [0.5, 0.6) is 5.75 Å². The number of carbonyl (C=O) groups is 1. The van der Waals surface area contributed by atoms with E-state index in [0.717, 1.165) is 13.2 Å². The summed E-state index contributed by atoms with van der Waals surface area (Å²) in [5.41, 5.74) is -0.494. The molecule has 6 heteroatoms. The van der Waals surface area contributed by atoms with Crippen molar-refractivity contribution in [3.05, 3.63) is 41.5 Å². The van der Waals surface area contributed by atoms with Crippen LogP contribution in [0.4, 0.5) is 13.2 Å². The summed E-state index contributed by atoms with van der Waals surface area (Å²) < 4.78 is 47.7. The molecule has 0 N–H and O–H groups in total. The summed E-state index contributed by atoms with van der Waals surface area (Å²) in [5, 5.41) is 0. The summed E-state index contributed by atoms with van der Waals surface area (Å²) in [6, 6.07) is 3.48. The van der Waals surface area contributed by atoms with E-state index in [0.29, 0.717) is 0 Å². The number of esters is 1. The summed E-state index contributed by atoms with van der Waals surface area (Å²) in [4.78, 5) is 11.2. The summed E-state index contributed by atoms with van der Waals surface area (Å²) in [5.74, 6) is -0.924. The van der Waals surface area contributed by atoms with E-state index >= 15 is 0 Å². The predicted molar refractivity (Wildman–Crippen MR) is 62.6 cm³/mol. The van der Waals surface area contributed by atoms with Crippen molar-refractivity contribution < 1.29 is 27.4 Å². The highest BCUT2D eigenvalue weighted by atomic mass is 19.4. The number of benzene rings is 1. The van der Waals surface area contributed by atoms with Gasteiger partial charge in [-0.05, 0) is 24.6 Å². The Labute approximate surface area is 108 Å². The SMILES string of the molecule is C=C(C)C(=O)OCc1ccc(OC)c(C(F)(F)F)c1. The quantitative estimate of drug-likeness (QED) is 0.624. The standard InChI is InChI=1S/C13H13F3O3/c1-8(2)12(17)19-7-9-4-5-11(18-3)10(6-9)13(14,15)16/h4-6H,1,7H2,2-3H3. The van der Waals surface area contributed by atoms with Crippen LogP contribution in [-0.4, -0.2) is 13.1 Å². The molecule has 0 aliphatic carbocycles. The normalized spacial score (nSPS) is 11.0. The molecule has 0 aliphatic rings. The largest absolute Gasteiger partial charge is 0.496 e. The zero-order valence-corrected chi connectivity index (χ0v) is 10.5. The van der Waals surface area contributed by atoms with E-state index in [2.05, 4.69) is 11.3 Å². The topological polar surface area (TPSA) is 35.5 Å². The Kier molecular flexibility index (Phi) is 4.58. The van der Waals surface area contributed by atoms with Gasteiger partial charge in [-0.15, -0.1) is 0 Å². The van der Waals surface area contributed by atoms with Gasteiger partial charge in [0.25, 0.3) is 0 Å². The fourth-order valence-corrected chi connectivity index (χ4v) is 1.34. The Bertz CT molecular complexity index is 492. The Balaban J connectivity index is 2.93. The van der Waals surface area contributed by atoms with Gasteiger partial charge in [0.2, 0.25) is 0 Å². The highest BCUT2D eigenvalue weighted by Gasteiger charge is 2.34. The lowest BCUT2D eigenvalue weighted by molar-refractivity contribution is -0.140. The van der Waals surface area contributed by atoms with Gasteiger partial charge in [-0.2, -0.15) is 13.2 Å². The maximum atomic E-state index is 12.7. The lowest BCUT2D eigenvalue weighted by Crippen LogP contribution is -2.09. The van der Waals surface area contributed by atoms with Crippen molar-refractivity contribution in [3.8, 4) is 5.75 Å². The first kappa shape index (κ1) is 15.1. The van der Waals surface area contributed by atoms with E-state index in [1.165, 1.54) is 19.1 Å². The number of halogens is 3. The van der Waals surface area contributed by atoms with Gasteiger partial charge in [-0.25, -0.2) is 4.79 Å². The molecule has 0 bridgehead atoms. The first-order valence-corrected chi connectivity index (χ1v) is 5.32. The van der Waals surface area contributed by atoms with Crippen molar-refractivity contribution in [1.82, 2.24) is 0 Å². The molecule has 3 nitrogen and oxygen atoms in total. The van der Waals surface area contributed by atoms with Crippen LogP contribution in [-0.2, 0) is 22.3 Å². The minimum Gasteiger partial charge on any atom is -0.496 e. The van der Waals surface area contributed by atoms with E-state index in [-0.39, 0.29) is 23.5 Å². The Hall–Kier alpha value is -1.98. The first-order chi connectivity index (χ1) is 8.75. The van der Waals surface area contributed by atoms with Crippen LogP contribution in [0.2, 0.25) is 0 Å². The number of hydrogen-bond acceptors (Lipinski definition) is 3. The molecule has 0 fully saturated rings. The summed E-state index contributed by atoms with van der Waals surface area (Å²) >= 11 is 0. The van der Waals surface area contributed by atoms with E-state index in [9.17, 15) is 18.0 Å². The summed E-state index contributed by atoms with van der Waals surface area (Å²) in [7, 11) is 1.16. The molecule has 1 aromatic rings. The number of methoxy groups -OCH3 is 1. The van der Waals surface area contributed by atoms with Gasteiger partial charge in [0.1, 0.15) is 12.4 Å². The molecule has 1 rings (SSSR count). The van der Waals surface area contributed by atoms with E-state index < -0.39 is 17.7 Å². The van der Waals surface area contributed by atoms with E-state index in [1.807, 2.05) is 0 Å². The van der Waals surface area contributed by atoms with Crippen molar-refractivity contribution in [1.29, 1.82) is 0 Å². The van der Waals surface area contributed by atoms with Crippen LogP contribution in [0.25, 0.3) is 0 Å². The molecule has 0 spiro atoms. The average Bonchev–Trinajstić information content (AvgIpc) is 2.34. The average molecular weight is 274 g/mol. The van der Waals surface area contributed by atoms with Crippen molar-refractivity contribution >= 4 is 5.97 Å². The molecule has 1 aromatic carbocycles. The molecular formula is C13H13F3O3.